The van der Waals surface area contributed by atoms with Crippen LogP contribution >= 0.6 is 11.3 Å². The van der Waals surface area contributed by atoms with Gasteiger partial charge in [0, 0.05) is 17.2 Å². The summed E-state index contributed by atoms with van der Waals surface area (Å²) < 4.78 is 1.88. The van der Waals surface area contributed by atoms with Crippen molar-refractivity contribution in [3.05, 3.63) is 30.1 Å². The Bertz CT molecular complexity index is 708. The van der Waals surface area contributed by atoms with Crippen LogP contribution in [-0.2, 0) is 0 Å². The minimum absolute atomic E-state index is 0.557. The van der Waals surface area contributed by atoms with Crippen molar-refractivity contribution in [2.24, 2.45) is 0 Å². The lowest BCUT2D eigenvalue weighted by atomic mass is 10.2. The minimum Gasteiger partial charge on any atom is -0.399 e. The van der Waals surface area contributed by atoms with Crippen molar-refractivity contribution >= 4 is 22.0 Å². The number of nitrogens with two attached hydrogens (primary N) is 1. The fourth-order valence-corrected chi connectivity index (χ4v) is 2.82. The number of fused-ring (bicyclic) bond motifs is 1. The summed E-state index contributed by atoms with van der Waals surface area (Å²) in [7, 11) is 0. The number of benzene rings is 1. The molecule has 0 unspecified atom stereocenters. The van der Waals surface area contributed by atoms with Gasteiger partial charge in [0.05, 0.1) is 0 Å². The van der Waals surface area contributed by atoms with Crippen molar-refractivity contribution in [1.29, 1.82) is 0 Å². The number of nitrogens with zero attached hydrogens (tertiary/aromatic N) is 4. The van der Waals surface area contributed by atoms with Gasteiger partial charge in [0.1, 0.15) is 5.01 Å². The minimum atomic E-state index is 0.557. The molecule has 1 saturated carbocycles. The first-order valence-electron chi connectivity index (χ1n) is 5.89. The molecule has 1 aromatic carbocycles. The lowest BCUT2D eigenvalue weighted by Crippen LogP contribution is -1.93. The fraction of sp³-hybridized carbons (Fsp3) is 0.250. The summed E-state index contributed by atoms with van der Waals surface area (Å²) in [5.41, 5.74) is 7.52. The Balaban J connectivity index is 1.83. The molecule has 2 heterocycles. The van der Waals surface area contributed by atoms with E-state index in [9.17, 15) is 0 Å². The summed E-state index contributed by atoms with van der Waals surface area (Å²) in [5, 5.41) is 14.0. The standard InChI is InChI=1S/C12H11N5S/c13-9-5-3-8(4-6-9)11-16-17-10(7-1-2-7)14-15-12(17)18-11/h3-7H,1-2,13H2. The second kappa shape index (κ2) is 3.52. The molecule has 2 aromatic heterocycles. The number of hydrogen-bond donors (Lipinski definition) is 1. The van der Waals surface area contributed by atoms with Gasteiger partial charge in [-0.05, 0) is 37.1 Å². The van der Waals surface area contributed by atoms with Crippen LogP contribution in [0, 0.1) is 0 Å². The Morgan fingerprint density at radius 2 is 1.94 bits per heavy atom. The summed E-state index contributed by atoms with van der Waals surface area (Å²) in [6.07, 6.45) is 2.41. The maximum Gasteiger partial charge on any atom is 0.234 e. The number of anilines is 1. The van der Waals surface area contributed by atoms with Gasteiger partial charge in [0.25, 0.3) is 0 Å². The van der Waals surface area contributed by atoms with E-state index >= 15 is 0 Å². The first-order chi connectivity index (χ1) is 8.81. The third-order valence-electron chi connectivity index (χ3n) is 3.12. The molecule has 0 aliphatic heterocycles. The van der Waals surface area contributed by atoms with Crippen LogP contribution in [0.1, 0.15) is 24.6 Å². The molecule has 3 aromatic rings. The van der Waals surface area contributed by atoms with Crippen LogP contribution in [0.2, 0.25) is 0 Å². The van der Waals surface area contributed by atoms with E-state index < -0.39 is 0 Å². The molecule has 1 aliphatic rings. The first kappa shape index (κ1) is 10.0. The summed E-state index contributed by atoms with van der Waals surface area (Å²) >= 11 is 1.56. The number of rotatable bonds is 2. The molecular weight excluding hydrogens is 246 g/mol. The third kappa shape index (κ3) is 1.49. The predicted molar refractivity (Wildman–Crippen MR) is 70.5 cm³/mol. The lowest BCUT2D eigenvalue weighted by molar-refractivity contribution is 0.828. The summed E-state index contributed by atoms with van der Waals surface area (Å²) in [4.78, 5) is 0.865. The van der Waals surface area contributed by atoms with Crippen molar-refractivity contribution in [1.82, 2.24) is 19.8 Å². The van der Waals surface area contributed by atoms with E-state index in [0.717, 1.165) is 27.0 Å². The van der Waals surface area contributed by atoms with Gasteiger partial charge < -0.3 is 5.73 Å². The zero-order valence-corrected chi connectivity index (χ0v) is 10.4. The molecule has 0 amide bonds. The Kier molecular flexibility index (Phi) is 1.96. The molecule has 0 spiro atoms. The Labute approximate surface area is 107 Å². The summed E-state index contributed by atoms with van der Waals surface area (Å²) in [6, 6.07) is 7.74. The van der Waals surface area contributed by atoms with Gasteiger partial charge in [-0.2, -0.15) is 9.61 Å². The van der Waals surface area contributed by atoms with Crippen LogP contribution in [0.3, 0.4) is 0 Å². The monoisotopic (exact) mass is 257 g/mol. The largest absolute Gasteiger partial charge is 0.399 e. The zero-order chi connectivity index (χ0) is 12.1. The first-order valence-corrected chi connectivity index (χ1v) is 6.71. The second-order valence-electron chi connectivity index (χ2n) is 4.56. The van der Waals surface area contributed by atoms with Crippen molar-refractivity contribution < 1.29 is 0 Å². The molecule has 0 saturated heterocycles. The van der Waals surface area contributed by atoms with Gasteiger partial charge in [0.2, 0.25) is 4.96 Å². The third-order valence-corrected chi connectivity index (χ3v) is 4.06. The normalized spacial score (nSPS) is 15.3. The molecule has 0 radical (unpaired) electrons. The maximum absolute atomic E-state index is 5.69. The molecule has 0 bridgehead atoms. The summed E-state index contributed by atoms with van der Waals surface area (Å²) in [6.45, 7) is 0. The SMILES string of the molecule is Nc1ccc(-c2nn3c(C4CC4)nnc3s2)cc1. The Hall–Kier alpha value is -1.95. The molecule has 90 valence electrons. The molecule has 1 aliphatic carbocycles. The highest BCUT2D eigenvalue weighted by Crippen LogP contribution is 2.39. The van der Waals surface area contributed by atoms with Gasteiger partial charge in [-0.25, -0.2) is 0 Å². The van der Waals surface area contributed by atoms with Gasteiger partial charge in [-0.15, -0.1) is 10.2 Å². The molecule has 2 N–H and O–H groups in total. The van der Waals surface area contributed by atoms with Crippen LogP contribution in [0.15, 0.2) is 24.3 Å². The average molecular weight is 257 g/mol. The van der Waals surface area contributed by atoms with Gasteiger partial charge in [0.15, 0.2) is 5.82 Å². The molecule has 4 rings (SSSR count). The molecule has 0 atom stereocenters. The van der Waals surface area contributed by atoms with Crippen LogP contribution < -0.4 is 5.73 Å². The smallest absolute Gasteiger partial charge is 0.234 e. The van der Waals surface area contributed by atoms with Crippen LogP contribution in [0.25, 0.3) is 15.5 Å². The highest BCUT2D eigenvalue weighted by Gasteiger charge is 2.30. The second-order valence-corrected chi connectivity index (χ2v) is 5.51. The van der Waals surface area contributed by atoms with Gasteiger partial charge in [-0.1, -0.05) is 11.3 Å². The molecule has 18 heavy (non-hydrogen) atoms. The van der Waals surface area contributed by atoms with Crippen molar-refractivity contribution in [2.75, 3.05) is 5.73 Å². The zero-order valence-electron chi connectivity index (χ0n) is 9.58. The quantitative estimate of drug-likeness (QED) is 0.715. The number of aromatic nitrogens is 4. The summed E-state index contributed by atoms with van der Waals surface area (Å²) in [5.74, 6) is 1.56. The maximum atomic E-state index is 5.69. The molecule has 5 nitrogen and oxygen atoms in total. The van der Waals surface area contributed by atoms with Crippen LogP contribution in [0.5, 0.6) is 0 Å². The van der Waals surface area contributed by atoms with Crippen molar-refractivity contribution in [3.8, 4) is 10.6 Å². The highest BCUT2D eigenvalue weighted by molar-refractivity contribution is 7.19. The van der Waals surface area contributed by atoms with Gasteiger partial charge in [-0.3, -0.25) is 0 Å². The van der Waals surface area contributed by atoms with Crippen LogP contribution in [-0.4, -0.2) is 19.8 Å². The van der Waals surface area contributed by atoms with E-state index in [1.54, 1.807) is 11.3 Å². The highest BCUT2D eigenvalue weighted by atomic mass is 32.1. The fourth-order valence-electron chi connectivity index (χ4n) is 1.97. The predicted octanol–water partition coefficient (Wildman–Crippen LogP) is 2.31. The molecule has 6 heteroatoms. The number of hydrogen-bond acceptors (Lipinski definition) is 5. The van der Waals surface area contributed by atoms with E-state index in [2.05, 4.69) is 15.3 Å². The van der Waals surface area contributed by atoms with E-state index in [1.165, 1.54) is 12.8 Å². The average Bonchev–Trinajstić information content (AvgIpc) is 3.00. The van der Waals surface area contributed by atoms with Crippen LogP contribution in [0.4, 0.5) is 5.69 Å². The van der Waals surface area contributed by atoms with Crippen molar-refractivity contribution in [3.63, 3.8) is 0 Å². The number of nitrogen functional groups attached to an aromatic ring is 1. The van der Waals surface area contributed by atoms with Gasteiger partial charge >= 0.3 is 0 Å². The topological polar surface area (TPSA) is 69.1 Å². The van der Waals surface area contributed by atoms with E-state index in [-0.39, 0.29) is 0 Å². The van der Waals surface area contributed by atoms with E-state index in [1.807, 2.05) is 28.8 Å². The van der Waals surface area contributed by atoms with E-state index in [0.29, 0.717) is 5.92 Å². The van der Waals surface area contributed by atoms with E-state index in [4.69, 9.17) is 5.73 Å². The molecular formula is C12H11N5S. The Morgan fingerprint density at radius 1 is 1.17 bits per heavy atom. The lowest BCUT2D eigenvalue weighted by Gasteiger charge is -1.96. The van der Waals surface area contributed by atoms with Crippen molar-refractivity contribution in [2.45, 2.75) is 18.8 Å². The molecule has 1 fully saturated rings. The Morgan fingerprint density at radius 3 is 2.67 bits per heavy atom.